The van der Waals surface area contributed by atoms with E-state index < -0.39 is 11.6 Å². The Bertz CT molecular complexity index is 864. The monoisotopic (exact) mass is 455 g/mol. The van der Waals surface area contributed by atoms with Gasteiger partial charge in [-0.3, -0.25) is 0 Å². The van der Waals surface area contributed by atoms with Crippen molar-refractivity contribution in [2.24, 2.45) is 0 Å². The molecule has 0 fully saturated rings. The number of allylic oxidation sites excluding steroid dienone is 3. The Hall–Kier alpha value is -1.66. The standard InChI is InChI=1S/C19H13ClF2IN/c1-11-17(23)10-14(12-6-4-3-5-7-12)19(24(11)2)18-15(21)8-13(20)9-16(18)22/h3-10H,1H2,2H3. The summed E-state index contributed by atoms with van der Waals surface area (Å²) in [7, 11) is 1.75. The van der Waals surface area contributed by atoms with Gasteiger partial charge in [0.25, 0.3) is 0 Å². The average Bonchev–Trinajstić information content (AvgIpc) is 2.54. The molecule has 0 radical (unpaired) electrons. The van der Waals surface area contributed by atoms with E-state index in [9.17, 15) is 8.78 Å². The molecule has 1 aliphatic rings. The smallest absolute Gasteiger partial charge is 0.136 e. The summed E-state index contributed by atoms with van der Waals surface area (Å²) < 4.78 is 30.0. The maximum absolute atomic E-state index is 14.5. The fourth-order valence-corrected chi connectivity index (χ4v) is 3.53. The number of likely N-dealkylation sites (N-methyl/N-ethyl adjacent to an activating group) is 1. The van der Waals surface area contributed by atoms with Gasteiger partial charge in [-0.1, -0.05) is 48.5 Å². The van der Waals surface area contributed by atoms with Crippen molar-refractivity contribution >= 4 is 45.5 Å². The highest BCUT2D eigenvalue weighted by molar-refractivity contribution is 14.1. The second kappa shape index (κ2) is 6.69. The molecule has 1 heterocycles. The fourth-order valence-electron chi connectivity index (χ4n) is 2.66. The third-order valence-electron chi connectivity index (χ3n) is 3.87. The minimum atomic E-state index is -0.701. The molecule has 5 heteroatoms. The Morgan fingerprint density at radius 3 is 2.25 bits per heavy atom. The maximum atomic E-state index is 14.5. The first kappa shape index (κ1) is 17.2. The van der Waals surface area contributed by atoms with E-state index in [2.05, 4.69) is 29.2 Å². The van der Waals surface area contributed by atoms with Crippen molar-refractivity contribution in [2.45, 2.75) is 0 Å². The van der Waals surface area contributed by atoms with Crippen molar-refractivity contribution in [1.29, 1.82) is 0 Å². The minimum absolute atomic E-state index is 0.0259. The Labute approximate surface area is 158 Å². The Morgan fingerprint density at radius 2 is 1.67 bits per heavy atom. The zero-order chi connectivity index (χ0) is 17.4. The summed E-state index contributed by atoms with van der Waals surface area (Å²) in [6.07, 6.45) is 1.89. The summed E-state index contributed by atoms with van der Waals surface area (Å²) in [5.74, 6) is -1.40. The van der Waals surface area contributed by atoms with Crippen LogP contribution in [0.3, 0.4) is 0 Å². The first-order valence-corrected chi connectivity index (χ1v) is 8.60. The van der Waals surface area contributed by atoms with Crippen molar-refractivity contribution < 1.29 is 8.78 Å². The first-order valence-electron chi connectivity index (χ1n) is 7.15. The first-order chi connectivity index (χ1) is 11.4. The van der Waals surface area contributed by atoms with E-state index in [-0.39, 0.29) is 10.6 Å². The molecule has 0 saturated heterocycles. The molecule has 3 rings (SSSR count). The molecule has 2 aromatic rings. The zero-order valence-corrected chi connectivity index (χ0v) is 15.7. The molecule has 24 heavy (non-hydrogen) atoms. The van der Waals surface area contributed by atoms with Crippen LogP contribution >= 0.6 is 34.2 Å². The van der Waals surface area contributed by atoms with Crippen LogP contribution in [0.15, 0.2) is 64.4 Å². The lowest BCUT2D eigenvalue weighted by molar-refractivity contribution is 0.551. The quantitative estimate of drug-likeness (QED) is 0.483. The van der Waals surface area contributed by atoms with E-state index in [4.69, 9.17) is 11.6 Å². The minimum Gasteiger partial charge on any atom is -0.343 e. The van der Waals surface area contributed by atoms with Crippen LogP contribution in [-0.4, -0.2) is 11.9 Å². The molecule has 0 bridgehead atoms. The van der Waals surface area contributed by atoms with Crippen molar-refractivity contribution in [3.63, 3.8) is 0 Å². The molecule has 122 valence electrons. The normalized spacial score (nSPS) is 15.0. The van der Waals surface area contributed by atoms with E-state index in [1.54, 1.807) is 11.9 Å². The van der Waals surface area contributed by atoms with Gasteiger partial charge in [0.2, 0.25) is 0 Å². The van der Waals surface area contributed by atoms with Gasteiger partial charge in [0.15, 0.2) is 0 Å². The molecule has 0 saturated carbocycles. The SMILES string of the molecule is C=C1C(I)=CC(c2ccccc2)=C(c2c(F)cc(Cl)cc2F)N1C. The van der Waals surface area contributed by atoms with E-state index >= 15 is 0 Å². The van der Waals surface area contributed by atoms with Gasteiger partial charge >= 0.3 is 0 Å². The topological polar surface area (TPSA) is 3.24 Å². The Kier molecular flexibility index (Phi) is 4.78. The molecule has 0 spiro atoms. The highest BCUT2D eigenvalue weighted by Gasteiger charge is 2.27. The van der Waals surface area contributed by atoms with Gasteiger partial charge < -0.3 is 4.90 Å². The fraction of sp³-hybridized carbons (Fsp3) is 0.0526. The molecular formula is C19H13ClF2IN. The van der Waals surface area contributed by atoms with Crippen LogP contribution in [0.5, 0.6) is 0 Å². The van der Waals surface area contributed by atoms with Gasteiger partial charge in [-0.15, -0.1) is 0 Å². The van der Waals surface area contributed by atoms with Crippen molar-refractivity contribution in [2.75, 3.05) is 7.05 Å². The van der Waals surface area contributed by atoms with Gasteiger partial charge in [-0.05, 0) is 46.4 Å². The Morgan fingerprint density at radius 1 is 1.08 bits per heavy atom. The lowest BCUT2D eigenvalue weighted by Gasteiger charge is -2.31. The highest BCUT2D eigenvalue weighted by atomic mass is 127. The molecule has 0 unspecified atom stereocenters. The van der Waals surface area contributed by atoms with E-state index in [0.29, 0.717) is 11.4 Å². The number of benzene rings is 2. The summed E-state index contributed by atoms with van der Waals surface area (Å²) in [5.41, 5.74) is 2.60. The predicted molar refractivity (Wildman–Crippen MR) is 104 cm³/mol. The van der Waals surface area contributed by atoms with Crippen molar-refractivity contribution in [3.8, 4) is 0 Å². The molecule has 0 amide bonds. The average molecular weight is 456 g/mol. The predicted octanol–water partition coefficient (Wildman–Crippen LogP) is 6.26. The number of nitrogens with zero attached hydrogens (tertiary/aromatic N) is 1. The molecule has 0 N–H and O–H groups in total. The number of hydrogen-bond donors (Lipinski definition) is 0. The molecule has 2 aromatic carbocycles. The van der Waals surface area contributed by atoms with Gasteiger partial charge in [0.05, 0.1) is 11.3 Å². The maximum Gasteiger partial charge on any atom is 0.136 e. The largest absolute Gasteiger partial charge is 0.343 e. The van der Waals surface area contributed by atoms with Crippen LogP contribution < -0.4 is 0 Å². The molecule has 1 nitrogen and oxygen atoms in total. The second-order valence-electron chi connectivity index (χ2n) is 5.37. The Balaban J connectivity index is 2.36. The van der Waals surface area contributed by atoms with Crippen LogP contribution in [0.25, 0.3) is 11.3 Å². The van der Waals surface area contributed by atoms with Crippen LogP contribution in [0.2, 0.25) is 5.02 Å². The third kappa shape index (κ3) is 3.00. The molecule has 1 aliphatic heterocycles. The molecule has 0 aromatic heterocycles. The summed E-state index contributed by atoms with van der Waals surface area (Å²) in [4.78, 5) is 1.71. The number of rotatable bonds is 2. The molecular weight excluding hydrogens is 443 g/mol. The van der Waals surface area contributed by atoms with E-state index in [1.165, 1.54) is 0 Å². The molecule has 0 atom stereocenters. The van der Waals surface area contributed by atoms with Gasteiger partial charge in [0, 0.05) is 26.9 Å². The number of halogens is 4. The number of hydrogen-bond acceptors (Lipinski definition) is 1. The zero-order valence-electron chi connectivity index (χ0n) is 12.8. The summed E-state index contributed by atoms with van der Waals surface area (Å²) in [6, 6.07) is 11.7. The second-order valence-corrected chi connectivity index (χ2v) is 6.97. The van der Waals surface area contributed by atoms with Crippen molar-refractivity contribution in [3.05, 3.63) is 92.2 Å². The summed E-state index contributed by atoms with van der Waals surface area (Å²) in [6.45, 7) is 4.00. The van der Waals surface area contributed by atoms with E-state index in [1.807, 2.05) is 36.4 Å². The third-order valence-corrected chi connectivity index (χ3v) is 5.02. The summed E-state index contributed by atoms with van der Waals surface area (Å²) >= 11 is 7.93. The van der Waals surface area contributed by atoms with Crippen LogP contribution in [0.1, 0.15) is 11.1 Å². The summed E-state index contributed by atoms with van der Waals surface area (Å²) in [5, 5.41) is 0.0259. The molecule has 0 aliphatic carbocycles. The highest BCUT2D eigenvalue weighted by Crippen LogP contribution is 2.42. The lowest BCUT2D eigenvalue weighted by Crippen LogP contribution is -2.21. The van der Waals surface area contributed by atoms with Crippen LogP contribution in [0.4, 0.5) is 8.78 Å². The van der Waals surface area contributed by atoms with Crippen LogP contribution in [-0.2, 0) is 0 Å². The lowest BCUT2D eigenvalue weighted by atomic mass is 9.94. The van der Waals surface area contributed by atoms with Gasteiger partial charge in [-0.2, -0.15) is 0 Å². The van der Waals surface area contributed by atoms with Gasteiger partial charge in [0.1, 0.15) is 11.6 Å². The van der Waals surface area contributed by atoms with Crippen LogP contribution in [0, 0.1) is 11.6 Å². The van der Waals surface area contributed by atoms with Crippen molar-refractivity contribution in [1.82, 2.24) is 4.90 Å². The van der Waals surface area contributed by atoms with Gasteiger partial charge in [-0.25, -0.2) is 8.78 Å². The van der Waals surface area contributed by atoms with E-state index in [0.717, 1.165) is 26.8 Å².